The van der Waals surface area contributed by atoms with Gasteiger partial charge in [0.25, 0.3) is 0 Å². The fraction of sp³-hybridized carbons (Fsp3) is 0.765. The van der Waals surface area contributed by atoms with Crippen LogP contribution in [0.2, 0.25) is 0 Å². The van der Waals surface area contributed by atoms with E-state index in [1.54, 1.807) is 11.3 Å². The van der Waals surface area contributed by atoms with E-state index in [0.29, 0.717) is 12.0 Å². The maximum absolute atomic E-state index is 4.64. The molecule has 1 saturated carbocycles. The number of thiazole rings is 1. The Morgan fingerprint density at radius 2 is 2.09 bits per heavy atom. The first-order valence-corrected chi connectivity index (χ1v) is 9.53. The molecule has 6 heteroatoms. The zero-order valence-electron chi connectivity index (χ0n) is 15.1. The molecule has 0 radical (unpaired) electrons. The number of aliphatic imine (C=N–C) groups is 1. The van der Waals surface area contributed by atoms with E-state index in [2.05, 4.69) is 58.6 Å². The van der Waals surface area contributed by atoms with Gasteiger partial charge in [-0.3, -0.25) is 9.89 Å². The van der Waals surface area contributed by atoms with Crippen LogP contribution in [0.25, 0.3) is 0 Å². The highest BCUT2D eigenvalue weighted by Gasteiger charge is 2.30. The molecular weight excluding hydrogens is 306 g/mol. The fourth-order valence-corrected chi connectivity index (χ4v) is 3.52. The van der Waals surface area contributed by atoms with Crippen LogP contribution in [-0.4, -0.2) is 48.1 Å². The average molecular weight is 338 g/mol. The van der Waals surface area contributed by atoms with Gasteiger partial charge in [0.1, 0.15) is 5.01 Å². The molecule has 0 amide bonds. The Balaban J connectivity index is 1.72. The third-order valence-electron chi connectivity index (χ3n) is 4.13. The van der Waals surface area contributed by atoms with Gasteiger partial charge in [0.2, 0.25) is 0 Å². The standard InChI is InChI=1S/C17H31N5S/c1-12(2)15-11-23-16(21-15)10-20-17(18-5)19-8-9-22(13(3)4)14-6-7-14/h11-14H,6-10H2,1-5H3,(H2,18,19,20). The Morgan fingerprint density at radius 1 is 1.35 bits per heavy atom. The first-order valence-electron chi connectivity index (χ1n) is 8.65. The smallest absolute Gasteiger partial charge is 0.191 e. The van der Waals surface area contributed by atoms with Gasteiger partial charge in [0, 0.05) is 37.6 Å². The molecule has 5 nitrogen and oxygen atoms in total. The molecule has 0 atom stereocenters. The van der Waals surface area contributed by atoms with Crippen molar-refractivity contribution < 1.29 is 0 Å². The Labute approximate surface area is 144 Å². The summed E-state index contributed by atoms with van der Waals surface area (Å²) in [6, 6.07) is 1.42. The third-order valence-corrected chi connectivity index (χ3v) is 5.00. The number of nitrogens with one attached hydrogen (secondary N) is 2. The minimum Gasteiger partial charge on any atom is -0.355 e. The lowest BCUT2D eigenvalue weighted by Gasteiger charge is -2.26. The van der Waals surface area contributed by atoms with Gasteiger partial charge in [-0.25, -0.2) is 4.98 Å². The Hall–Kier alpha value is -1.14. The van der Waals surface area contributed by atoms with Crippen LogP contribution in [0.4, 0.5) is 0 Å². The summed E-state index contributed by atoms with van der Waals surface area (Å²) in [4.78, 5) is 11.5. The Kier molecular flexibility index (Phi) is 6.84. The van der Waals surface area contributed by atoms with E-state index in [4.69, 9.17) is 0 Å². The molecule has 1 aliphatic carbocycles. The summed E-state index contributed by atoms with van der Waals surface area (Å²) in [5.41, 5.74) is 1.17. The number of hydrogen-bond acceptors (Lipinski definition) is 4. The number of guanidine groups is 1. The van der Waals surface area contributed by atoms with Crippen LogP contribution in [0.15, 0.2) is 10.4 Å². The predicted molar refractivity (Wildman–Crippen MR) is 99.3 cm³/mol. The molecule has 2 rings (SSSR count). The highest BCUT2D eigenvalue weighted by atomic mass is 32.1. The van der Waals surface area contributed by atoms with Crippen LogP contribution in [0.1, 0.15) is 57.2 Å². The average Bonchev–Trinajstić information content (AvgIpc) is 3.22. The lowest BCUT2D eigenvalue weighted by Crippen LogP contribution is -2.43. The minimum atomic E-state index is 0.488. The van der Waals surface area contributed by atoms with Crippen LogP contribution in [0.5, 0.6) is 0 Å². The van der Waals surface area contributed by atoms with Crippen molar-refractivity contribution in [2.24, 2.45) is 4.99 Å². The molecule has 0 aliphatic heterocycles. The van der Waals surface area contributed by atoms with E-state index in [0.717, 1.165) is 36.6 Å². The zero-order chi connectivity index (χ0) is 16.8. The number of nitrogens with zero attached hydrogens (tertiary/aromatic N) is 3. The molecular formula is C17H31N5S. The number of aromatic nitrogens is 1. The molecule has 1 aromatic heterocycles. The molecule has 1 aliphatic rings. The summed E-state index contributed by atoms with van der Waals surface area (Å²) in [6.07, 6.45) is 2.71. The van der Waals surface area contributed by atoms with Crippen molar-refractivity contribution >= 4 is 17.3 Å². The summed E-state index contributed by atoms with van der Waals surface area (Å²) < 4.78 is 0. The predicted octanol–water partition coefficient (Wildman–Crippen LogP) is 2.80. The second-order valence-electron chi connectivity index (χ2n) is 6.74. The summed E-state index contributed by atoms with van der Waals surface area (Å²) in [5, 5.41) is 10.0. The molecule has 0 unspecified atom stereocenters. The van der Waals surface area contributed by atoms with E-state index in [1.807, 2.05) is 7.05 Å². The molecule has 2 N–H and O–H groups in total. The number of rotatable bonds is 8. The fourth-order valence-electron chi connectivity index (χ4n) is 2.62. The second-order valence-corrected chi connectivity index (χ2v) is 7.68. The van der Waals surface area contributed by atoms with E-state index in [9.17, 15) is 0 Å². The van der Waals surface area contributed by atoms with Crippen molar-refractivity contribution in [3.05, 3.63) is 16.1 Å². The topological polar surface area (TPSA) is 52.6 Å². The second kappa shape index (κ2) is 8.64. The van der Waals surface area contributed by atoms with Crippen molar-refractivity contribution in [1.29, 1.82) is 0 Å². The van der Waals surface area contributed by atoms with Gasteiger partial charge in [-0.05, 0) is 32.6 Å². The maximum atomic E-state index is 4.64. The highest BCUT2D eigenvalue weighted by Crippen LogP contribution is 2.27. The lowest BCUT2D eigenvalue weighted by atomic mass is 10.2. The van der Waals surface area contributed by atoms with Crippen molar-refractivity contribution in [2.45, 2.75) is 65.1 Å². The van der Waals surface area contributed by atoms with Crippen molar-refractivity contribution in [1.82, 2.24) is 20.5 Å². The van der Waals surface area contributed by atoms with Gasteiger partial charge in [-0.2, -0.15) is 0 Å². The lowest BCUT2D eigenvalue weighted by molar-refractivity contribution is 0.215. The van der Waals surface area contributed by atoms with Crippen LogP contribution in [0, 0.1) is 0 Å². The first-order chi connectivity index (χ1) is 11.0. The van der Waals surface area contributed by atoms with E-state index in [-0.39, 0.29) is 0 Å². The molecule has 0 aromatic carbocycles. The van der Waals surface area contributed by atoms with Crippen LogP contribution in [0.3, 0.4) is 0 Å². The Morgan fingerprint density at radius 3 is 2.61 bits per heavy atom. The van der Waals surface area contributed by atoms with Gasteiger partial charge in [0.05, 0.1) is 12.2 Å². The normalized spacial score (nSPS) is 15.7. The minimum absolute atomic E-state index is 0.488. The largest absolute Gasteiger partial charge is 0.355 e. The van der Waals surface area contributed by atoms with Gasteiger partial charge in [0.15, 0.2) is 5.96 Å². The zero-order valence-corrected chi connectivity index (χ0v) is 15.9. The SMILES string of the molecule is CN=C(NCCN(C(C)C)C1CC1)NCc1nc(C(C)C)cs1. The first kappa shape index (κ1) is 18.2. The summed E-state index contributed by atoms with van der Waals surface area (Å²) in [6.45, 7) is 11.6. The molecule has 130 valence electrons. The van der Waals surface area contributed by atoms with E-state index in [1.165, 1.54) is 18.5 Å². The van der Waals surface area contributed by atoms with E-state index < -0.39 is 0 Å². The molecule has 0 bridgehead atoms. The van der Waals surface area contributed by atoms with E-state index >= 15 is 0 Å². The van der Waals surface area contributed by atoms with Crippen molar-refractivity contribution in [3.8, 4) is 0 Å². The molecule has 1 fully saturated rings. The molecule has 1 heterocycles. The molecule has 0 saturated heterocycles. The summed E-state index contributed by atoms with van der Waals surface area (Å²) in [5.74, 6) is 1.34. The van der Waals surface area contributed by atoms with Gasteiger partial charge in [-0.1, -0.05) is 13.8 Å². The van der Waals surface area contributed by atoms with Crippen molar-refractivity contribution in [2.75, 3.05) is 20.1 Å². The van der Waals surface area contributed by atoms with Crippen molar-refractivity contribution in [3.63, 3.8) is 0 Å². The monoisotopic (exact) mass is 337 g/mol. The molecule has 1 aromatic rings. The quantitative estimate of drug-likeness (QED) is 0.566. The summed E-state index contributed by atoms with van der Waals surface area (Å²) >= 11 is 1.71. The Bertz CT molecular complexity index is 503. The van der Waals surface area contributed by atoms with Gasteiger partial charge in [-0.15, -0.1) is 11.3 Å². The molecule has 0 spiro atoms. The molecule has 23 heavy (non-hydrogen) atoms. The third kappa shape index (κ3) is 5.77. The van der Waals surface area contributed by atoms with Crippen LogP contribution in [-0.2, 0) is 6.54 Å². The van der Waals surface area contributed by atoms with Gasteiger partial charge >= 0.3 is 0 Å². The highest BCUT2D eigenvalue weighted by molar-refractivity contribution is 7.09. The summed E-state index contributed by atoms with van der Waals surface area (Å²) in [7, 11) is 1.82. The number of hydrogen-bond donors (Lipinski definition) is 2. The van der Waals surface area contributed by atoms with Crippen LogP contribution < -0.4 is 10.6 Å². The van der Waals surface area contributed by atoms with Crippen LogP contribution >= 0.6 is 11.3 Å². The van der Waals surface area contributed by atoms with Gasteiger partial charge < -0.3 is 10.6 Å². The maximum Gasteiger partial charge on any atom is 0.191 e.